The minimum atomic E-state index is 0.294. The number of anilines is 1. The Labute approximate surface area is 100 Å². The third-order valence-corrected chi connectivity index (χ3v) is 3.24. The van der Waals surface area contributed by atoms with E-state index in [4.69, 9.17) is 16.7 Å². The van der Waals surface area contributed by atoms with Gasteiger partial charge in [-0.2, -0.15) is 0 Å². The molecule has 16 heavy (non-hydrogen) atoms. The number of rotatable bonds is 3. The lowest BCUT2D eigenvalue weighted by Crippen LogP contribution is -2.35. The molecule has 5 heteroatoms. The Balaban J connectivity index is 1.91. The summed E-state index contributed by atoms with van der Waals surface area (Å²) in [5.74, 6) is 1.40. The monoisotopic (exact) mass is 241 g/mol. The topological polar surface area (TPSA) is 49.2 Å². The summed E-state index contributed by atoms with van der Waals surface area (Å²) in [6.07, 6.45) is 6.38. The fourth-order valence-corrected chi connectivity index (χ4v) is 2.17. The predicted octanol–water partition coefficient (Wildman–Crippen LogP) is 1.73. The van der Waals surface area contributed by atoms with Crippen LogP contribution in [0, 0.1) is 5.92 Å². The highest BCUT2D eigenvalue weighted by atomic mass is 35.5. The summed E-state index contributed by atoms with van der Waals surface area (Å²) in [4.78, 5) is 10.6. The first-order valence-corrected chi connectivity index (χ1v) is 6.00. The molecule has 1 aromatic rings. The van der Waals surface area contributed by atoms with Crippen molar-refractivity contribution in [2.45, 2.75) is 19.3 Å². The van der Waals surface area contributed by atoms with Crippen LogP contribution in [0.3, 0.4) is 0 Å². The van der Waals surface area contributed by atoms with E-state index in [0.29, 0.717) is 17.5 Å². The Morgan fingerprint density at radius 2 is 1.94 bits per heavy atom. The summed E-state index contributed by atoms with van der Waals surface area (Å²) >= 11 is 5.74. The van der Waals surface area contributed by atoms with Gasteiger partial charge in [0, 0.05) is 19.7 Å². The Kier molecular flexibility index (Phi) is 3.96. The second kappa shape index (κ2) is 5.46. The van der Waals surface area contributed by atoms with Crippen LogP contribution in [-0.4, -0.2) is 34.8 Å². The van der Waals surface area contributed by atoms with Crippen LogP contribution in [0.4, 0.5) is 5.95 Å². The largest absolute Gasteiger partial charge is 0.396 e. The van der Waals surface area contributed by atoms with Gasteiger partial charge in [-0.3, -0.25) is 0 Å². The molecule has 1 aliphatic rings. The van der Waals surface area contributed by atoms with Gasteiger partial charge in [0.15, 0.2) is 0 Å². The second-order valence-corrected chi connectivity index (χ2v) is 4.58. The molecule has 0 saturated carbocycles. The molecule has 0 amide bonds. The van der Waals surface area contributed by atoms with E-state index in [1.807, 2.05) is 0 Å². The molecule has 4 nitrogen and oxygen atoms in total. The molecule has 1 saturated heterocycles. The Morgan fingerprint density at radius 3 is 2.50 bits per heavy atom. The van der Waals surface area contributed by atoms with E-state index in [-0.39, 0.29) is 0 Å². The van der Waals surface area contributed by atoms with Crippen LogP contribution in [0.2, 0.25) is 5.02 Å². The van der Waals surface area contributed by atoms with Crippen molar-refractivity contribution in [2.75, 3.05) is 24.6 Å². The number of hydrogen-bond donors (Lipinski definition) is 1. The molecule has 1 aliphatic heterocycles. The van der Waals surface area contributed by atoms with Crippen molar-refractivity contribution < 1.29 is 5.11 Å². The van der Waals surface area contributed by atoms with Gasteiger partial charge >= 0.3 is 0 Å². The van der Waals surface area contributed by atoms with Gasteiger partial charge in [0.05, 0.1) is 17.4 Å². The fraction of sp³-hybridized carbons (Fsp3) is 0.636. The molecule has 88 valence electrons. The number of aliphatic hydroxyl groups excluding tert-OH is 1. The van der Waals surface area contributed by atoms with Crippen LogP contribution in [0.5, 0.6) is 0 Å². The third kappa shape index (κ3) is 2.83. The lowest BCUT2D eigenvalue weighted by molar-refractivity contribution is 0.240. The van der Waals surface area contributed by atoms with Gasteiger partial charge in [0.1, 0.15) is 0 Å². The molecule has 0 aromatic carbocycles. The zero-order valence-corrected chi connectivity index (χ0v) is 9.90. The van der Waals surface area contributed by atoms with E-state index < -0.39 is 0 Å². The number of aromatic nitrogens is 2. The molecule has 1 fully saturated rings. The first kappa shape index (κ1) is 11.6. The highest BCUT2D eigenvalue weighted by Gasteiger charge is 2.20. The van der Waals surface area contributed by atoms with Crippen molar-refractivity contribution in [3.63, 3.8) is 0 Å². The van der Waals surface area contributed by atoms with E-state index >= 15 is 0 Å². The quantitative estimate of drug-likeness (QED) is 0.876. The molecule has 0 bridgehead atoms. The molecule has 0 spiro atoms. The molecular weight excluding hydrogens is 226 g/mol. The van der Waals surface area contributed by atoms with E-state index in [1.165, 1.54) is 0 Å². The maximum absolute atomic E-state index is 8.88. The predicted molar refractivity (Wildman–Crippen MR) is 63.7 cm³/mol. The number of nitrogens with zero attached hydrogens (tertiary/aromatic N) is 3. The molecular formula is C11H16ClN3O. The van der Waals surface area contributed by atoms with Gasteiger partial charge in [-0.25, -0.2) is 9.97 Å². The normalized spacial score (nSPS) is 17.8. The molecule has 2 rings (SSSR count). The van der Waals surface area contributed by atoms with E-state index in [2.05, 4.69) is 14.9 Å². The summed E-state index contributed by atoms with van der Waals surface area (Å²) in [5.41, 5.74) is 0. The van der Waals surface area contributed by atoms with Gasteiger partial charge in [-0.15, -0.1) is 0 Å². The van der Waals surface area contributed by atoms with Crippen molar-refractivity contribution in [3.8, 4) is 0 Å². The first-order valence-electron chi connectivity index (χ1n) is 5.63. The van der Waals surface area contributed by atoms with Crippen LogP contribution in [-0.2, 0) is 0 Å². The maximum atomic E-state index is 8.88. The van der Waals surface area contributed by atoms with Crippen molar-refractivity contribution in [3.05, 3.63) is 17.4 Å². The van der Waals surface area contributed by atoms with E-state index in [0.717, 1.165) is 38.3 Å². The number of halogens is 1. The summed E-state index contributed by atoms with van der Waals surface area (Å²) in [6, 6.07) is 0. The average molecular weight is 242 g/mol. The maximum Gasteiger partial charge on any atom is 0.225 e. The van der Waals surface area contributed by atoms with Crippen LogP contribution >= 0.6 is 11.6 Å². The Morgan fingerprint density at radius 1 is 1.31 bits per heavy atom. The number of hydrogen-bond acceptors (Lipinski definition) is 4. The summed E-state index contributed by atoms with van der Waals surface area (Å²) in [6.45, 7) is 2.22. The minimum Gasteiger partial charge on any atom is -0.396 e. The van der Waals surface area contributed by atoms with Crippen molar-refractivity contribution >= 4 is 17.5 Å². The zero-order chi connectivity index (χ0) is 11.4. The zero-order valence-electron chi connectivity index (χ0n) is 9.14. The lowest BCUT2D eigenvalue weighted by Gasteiger charge is -2.31. The molecule has 2 heterocycles. The van der Waals surface area contributed by atoms with Crippen molar-refractivity contribution in [2.24, 2.45) is 5.92 Å². The number of piperidine rings is 1. The standard InChI is InChI=1S/C11H16ClN3O/c12-10-7-13-11(14-8-10)15-4-1-9(2-5-15)3-6-16/h7-9,16H,1-6H2. The SMILES string of the molecule is OCCC1CCN(c2ncc(Cl)cn2)CC1. The van der Waals surface area contributed by atoms with Gasteiger partial charge in [-0.1, -0.05) is 11.6 Å². The van der Waals surface area contributed by atoms with Gasteiger partial charge in [-0.05, 0) is 25.2 Å². The molecule has 1 N–H and O–H groups in total. The summed E-state index contributed by atoms with van der Waals surface area (Å²) < 4.78 is 0. The smallest absolute Gasteiger partial charge is 0.225 e. The van der Waals surface area contributed by atoms with E-state index in [9.17, 15) is 0 Å². The molecule has 0 aliphatic carbocycles. The summed E-state index contributed by atoms with van der Waals surface area (Å²) in [5, 5.41) is 9.45. The molecule has 0 atom stereocenters. The van der Waals surface area contributed by atoms with Crippen LogP contribution < -0.4 is 4.90 Å². The van der Waals surface area contributed by atoms with Gasteiger partial charge in [0.2, 0.25) is 5.95 Å². The second-order valence-electron chi connectivity index (χ2n) is 4.14. The molecule has 0 unspecified atom stereocenters. The highest BCUT2D eigenvalue weighted by molar-refractivity contribution is 6.30. The lowest BCUT2D eigenvalue weighted by atomic mass is 9.94. The van der Waals surface area contributed by atoms with Crippen molar-refractivity contribution in [1.82, 2.24) is 9.97 Å². The van der Waals surface area contributed by atoms with Gasteiger partial charge in [0.25, 0.3) is 0 Å². The number of aliphatic hydroxyl groups is 1. The van der Waals surface area contributed by atoms with Gasteiger partial charge < -0.3 is 10.0 Å². The van der Waals surface area contributed by atoms with Crippen LogP contribution in [0.1, 0.15) is 19.3 Å². The highest BCUT2D eigenvalue weighted by Crippen LogP contribution is 2.22. The molecule has 0 radical (unpaired) electrons. The third-order valence-electron chi connectivity index (χ3n) is 3.04. The molecule has 1 aromatic heterocycles. The Hall–Kier alpha value is -0.870. The summed E-state index contributed by atoms with van der Waals surface area (Å²) in [7, 11) is 0. The van der Waals surface area contributed by atoms with Crippen LogP contribution in [0.15, 0.2) is 12.4 Å². The average Bonchev–Trinajstić information content (AvgIpc) is 2.32. The van der Waals surface area contributed by atoms with Crippen LogP contribution in [0.25, 0.3) is 0 Å². The first-order chi connectivity index (χ1) is 7.79. The van der Waals surface area contributed by atoms with Crippen molar-refractivity contribution in [1.29, 1.82) is 0 Å². The van der Waals surface area contributed by atoms with E-state index in [1.54, 1.807) is 12.4 Å². The minimum absolute atomic E-state index is 0.294. The fourth-order valence-electron chi connectivity index (χ4n) is 2.07. The Bertz CT molecular complexity index is 323.